The van der Waals surface area contributed by atoms with Gasteiger partial charge >= 0.3 is 0 Å². The van der Waals surface area contributed by atoms with Gasteiger partial charge in [-0.25, -0.2) is 0 Å². The average Bonchev–Trinajstić information content (AvgIpc) is 3.78. The van der Waals surface area contributed by atoms with Gasteiger partial charge in [0, 0.05) is 11.3 Å². The molecule has 12 bridgehead atoms. The molecule has 2 aromatic carbocycles. The number of fused-ring (bicyclic) bond motifs is 3. The van der Waals surface area contributed by atoms with Gasteiger partial charge in [0.1, 0.15) is 0 Å². The second-order valence-corrected chi connectivity index (χ2v) is 23.4. The fourth-order valence-corrected chi connectivity index (χ4v) is 19.7. The van der Waals surface area contributed by atoms with Crippen LogP contribution in [-0.4, -0.2) is 0 Å². The van der Waals surface area contributed by atoms with E-state index in [9.17, 15) is 0 Å². The molecule has 15 aliphatic carbocycles. The maximum absolute atomic E-state index is 2.90. The second kappa shape index (κ2) is 9.83. The quantitative estimate of drug-likeness (QED) is 0.300. The summed E-state index contributed by atoms with van der Waals surface area (Å²) >= 11 is 0. The molecule has 0 aliphatic heterocycles. The molecule has 1 atom stereocenters. The van der Waals surface area contributed by atoms with E-state index in [2.05, 4.69) is 49.4 Å². The van der Waals surface area contributed by atoms with E-state index < -0.39 is 0 Å². The molecule has 0 saturated heterocycles. The molecule has 0 aromatic heterocycles. The highest BCUT2D eigenvalue weighted by molar-refractivity contribution is 5.82. The maximum Gasteiger partial charge on any atom is 0.0196 e. The lowest BCUT2D eigenvalue weighted by atomic mass is 9.47. The Labute approximate surface area is 314 Å². The Morgan fingerprint density at radius 2 is 0.865 bits per heavy atom. The fourth-order valence-electron chi connectivity index (χ4n) is 19.7. The SMILES string of the molecule is CC1(C2c3ccc(C45CC6CC(CC(C6)C4)C5)cc3-c3cc(C45CC6CC(CC(C6)C4)C5)ccc32)CCC2=C1C=C(C13CC4CC(CC(C4)C1)C3)C2. The van der Waals surface area contributed by atoms with Gasteiger partial charge < -0.3 is 0 Å². The Morgan fingerprint density at radius 3 is 1.27 bits per heavy atom. The Hall–Kier alpha value is -2.08. The highest BCUT2D eigenvalue weighted by Crippen LogP contribution is 2.69. The van der Waals surface area contributed by atoms with Crippen molar-refractivity contribution in [1.29, 1.82) is 0 Å². The van der Waals surface area contributed by atoms with Crippen LogP contribution in [0.2, 0.25) is 0 Å². The Balaban J connectivity index is 0.897. The molecule has 270 valence electrons. The van der Waals surface area contributed by atoms with Gasteiger partial charge in [-0.3, -0.25) is 0 Å². The normalized spacial score (nSPS) is 50.7. The van der Waals surface area contributed by atoms with Crippen molar-refractivity contribution in [3.63, 3.8) is 0 Å². The third-order valence-electron chi connectivity index (χ3n) is 20.3. The van der Waals surface area contributed by atoms with Crippen LogP contribution in [-0.2, 0) is 10.8 Å². The zero-order valence-corrected chi connectivity index (χ0v) is 32.2. The first-order chi connectivity index (χ1) is 25.3. The van der Waals surface area contributed by atoms with Gasteiger partial charge in [0.15, 0.2) is 0 Å². The van der Waals surface area contributed by atoms with Crippen molar-refractivity contribution in [1.82, 2.24) is 0 Å². The average molecular weight is 687 g/mol. The molecular formula is C52H62. The van der Waals surface area contributed by atoms with Crippen molar-refractivity contribution in [3.05, 3.63) is 81.4 Å². The van der Waals surface area contributed by atoms with Crippen LogP contribution < -0.4 is 0 Å². The van der Waals surface area contributed by atoms with Crippen LogP contribution in [0.5, 0.6) is 0 Å². The van der Waals surface area contributed by atoms with E-state index >= 15 is 0 Å². The fraction of sp³-hybridized carbons (Fsp3) is 0.692. The van der Waals surface area contributed by atoms with Gasteiger partial charge in [0.2, 0.25) is 0 Å². The Bertz CT molecular complexity index is 1800. The van der Waals surface area contributed by atoms with Crippen molar-refractivity contribution in [3.8, 4) is 11.1 Å². The molecule has 52 heavy (non-hydrogen) atoms. The summed E-state index contributed by atoms with van der Waals surface area (Å²) in [5.41, 5.74) is 17.6. The van der Waals surface area contributed by atoms with Crippen LogP contribution in [0.25, 0.3) is 11.1 Å². The molecule has 0 spiro atoms. The first-order valence-corrected chi connectivity index (χ1v) is 23.0. The van der Waals surface area contributed by atoms with E-state index in [-0.39, 0.29) is 5.41 Å². The first-order valence-electron chi connectivity index (χ1n) is 23.0. The predicted octanol–water partition coefficient (Wildman–Crippen LogP) is 13.4. The van der Waals surface area contributed by atoms with Crippen LogP contribution >= 0.6 is 0 Å². The van der Waals surface area contributed by atoms with Gasteiger partial charge in [-0.15, -0.1) is 0 Å². The minimum absolute atomic E-state index is 0.212. The van der Waals surface area contributed by atoms with Gasteiger partial charge in [-0.2, -0.15) is 0 Å². The third-order valence-corrected chi connectivity index (χ3v) is 20.3. The van der Waals surface area contributed by atoms with Crippen molar-refractivity contribution >= 4 is 0 Å². The predicted molar refractivity (Wildman–Crippen MR) is 211 cm³/mol. The molecule has 0 heterocycles. The summed E-state index contributed by atoms with van der Waals surface area (Å²) in [5.74, 6) is 9.63. The standard InChI is InChI=1S/C52H62/c1-49(7-6-39-17-42(20-47(39)49)52-27-36-14-37(28-52)16-38(15-36)29-52)48-43-4-2-40(50-21-30-8-31(22-50)10-32(9-30)23-50)18-45(43)46-19-41(3-5-44(46)48)51-24-33-11-34(25-51)13-35(12-33)26-51/h2-5,18-20,30-38,48H,6-17,21-29H2,1H3. The van der Waals surface area contributed by atoms with Gasteiger partial charge in [0.25, 0.3) is 0 Å². The minimum atomic E-state index is 0.212. The lowest BCUT2D eigenvalue weighted by molar-refractivity contribution is -0.0314. The van der Waals surface area contributed by atoms with Gasteiger partial charge in [0.05, 0.1) is 0 Å². The van der Waals surface area contributed by atoms with Crippen LogP contribution in [0, 0.1) is 64.1 Å². The molecule has 12 saturated carbocycles. The summed E-state index contributed by atoms with van der Waals surface area (Å²) in [4.78, 5) is 0. The number of allylic oxidation sites excluding steroid dienone is 4. The summed E-state index contributed by atoms with van der Waals surface area (Å²) in [7, 11) is 0. The topological polar surface area (TPSA) is 0 Å². The van der Waals surface area contributed by atoms with Crippen molar-refractivity contribution in [2.45, 2.75) is 159 Å². The highest BCUT2D eigenvalue weighted by atomic mass is 14.6. The van der Waals surface area contributed by atoms with E-state index in [4.69, 9.17) is 0 Å². The van der Waals surface area contributed by atoms with Crippen molar-refractivity contribution in [2.75, 3.05) is 0 Å². The summed E-state index contributed by atoms with van der Waals surface area (Å²) in [6.45, 7) is 2.75. The van der Waals surface area contributed by atoms with Gasteiger partial charge in [-0.1, -0.05) is 60.5 Å². The monoisotopic (exact) mass is 686 g/mol. The summed E-state index contributed by atoms with van der Waals surface area (Å²) in [6.07, 6.45) is 34.3. The maximum atomic E-state index is 2.90. The van der Waals surface area contributed by atoms with E-state index in [1.54, 1.807) is 52.6 Å². The number of rotatable bonds is 4. The van der Waals surface area contributed by atoms with E-state index in [1.165, 1.54) is 116 Å². The Morgan fingerprint density at radius 1 is 0.481 bits per heavy atom. The van der Waals surface area contributed by atoms with Gasteiger partial charge in [-0.05, 0) is 243 Å². The molecule has 17 rings (SSSR count). The third kappa shape index (κ3) is 3.88. The van der Waals surface area contributed by atoms with E-state index in [0.717, 1.165) is 53.3 Å². The van der Waals surface area contributed by atoms with Crippen LogP contribution in [0.3, 0.4) is 0 Å². The molecule has 0 amide bonds. The summed E-state index contributed by atoms with van der Waals surface area (Å²) in [6, 6.07) is 16.6. The largest absolute Gasteiger partial charge is 0.0623 e. The zero-order valence-electron chi connectivity index (χ0n) is 32.2. The van der Waals surface area contributed by atoms with Crippen LogP contribution in [0.15, 0.2) is 59.2 Å². The molecule has 1 unspecified atom stereocenters. The van der Waals surface area contributed by atoms with Crippen LogP contribution in [0.4, 0.5) is 0 Å². The summed E-state index contributed by atoms with van der Waals surface area (Å²) < 4.78 is 0. The number of hydrogen-bond acceptors (Lipinski definition) is 0. The second-order valence-electron chi connectivity index (χ2n) is 23.4. The highest BCUT2D eigenvalue weighted by Gasteiger charge is 2.57. The van der Waals surface area contributed by atoms with Crippen molar-refractivity contribution in [2.24, 2.45) is 64.1 Å². The molecule has 12 fully saturated rings. The molecule has 15 aliphatic rings. The molecular weight excluding hydrogens is 625 g/mol. The van der Waals surface area contributed by atoms with E-state index in [1.807, 2.05) is 16.7 Å². The number of hydrogen-bond donors (Lipinski definition) is 0. The number of benzene rings is 2. The molecule has 0 radical (unpaired) electrons. The first kappa shape index (κ1) is 30.2. The molecule has 0 nitrogen and oxygen atoms in total. The van der Waals surface area contributed by atoms with Crippen LogP contribution in [0.1, 0.15) is 170 Å². The molecule has 0 heteroatoms. The Kier molecular flexibility index (Phi) is 5.70. The molecule has 2 aromatic rings. The summed E-state index contributed by atoms with van der Waals surface area (Å²) in [5, 5.41) is 0. The lowest BCUT2D eigenvalue weighted by Gasteiger charge is -2.57. The lowest BCUT2D eigenvalue weighted by Crippen LogP contribution is -2.48. The van der Waals surface area contributed by atoms with E-state index in [0.29, 0.717) is 22.2 Å². The van der Waals surface area contributed by atoms with Crippen molar-refractivity contribution < 1.29 is 0 Å². The smallest absolute Gasteiger partial charge is 0.0196 e. The molecule has 0 N–H and O–H groups in total. The minimum Gasteiger partial charge on any atom is -0.0623 e. The zero-order chi connectivity index (χ0) is 33.8.